The molecule has 0 radical (unpaired) electrons. The molecule has 2 aromatic rings. The van der Waals surface area contributed by atoms with E-state index in [0.29, 0.717) is 16.9 Å². The maximum absolute atomic E-state index is 13.3. The number of anilines is 1. The van der Waals surface area contributed by atoms with Crippen LogP contribution in [0.1, 0.15) is 58.2 Å². The lowest BCUT2D eigenvalue weighted by Crippen LogP contribution is -2.33. The highest BCUT2D eigenvalue weighted by atomic mass is 127. The Balaban J connectivity index is 2.15. The molecular weight excluding hydrogens is 441 g/mol. The Hall–Kier alpha value is -2.09. The molecule has 6 heteroatoms. The van der Waals surface area contributed by atoms with Gasteiger partial charge in [-0.05, 0) is 58.2 Å². The van der Waals surface area contributed by atoms with Crippen molar-refractivity contribution < 1.29 is 9.59 Å². The van der Waals surface area contributed by atoms with Crippen molar-refractivity contribution in [2.45, 2.75) is 33.1 Å². The summed E-state index contributed by atoms with van der Waals surface area (Å²) in [5.74, 6) is 0.161. The van der Waals surface area contributed by atoms with Gasteiger partial charge in [0.15, 0.2) is 6.29 Å². The average molecular weight is 461 g/mol. The first-order valence-electron chi connectivity index (χ1n) is 8.30. The first kappa shape index (κ1) is 18.7. The minimum Gasteiger partial charge on any atom is -0.298 e. The second kappa shape index (κ2) is 6.90. The van der Waals surface area contributed by atoms with Crippen LogP contribution in [-0.2, 0) is 5.41 Å². The van der Waals surface area contributed by atoms with Crippen molar-refractivity contribution in [3.63, 3.8) is 0 Å². The smallest absolute Gasteiger partial charge is 0.261 e. The van der Waals surface area contributed by atoms with Crippen LogP contribution in [0.25, 0.3) is 0 Å². The molecular formula is C20H20IN3O2. The molecule has 3 rings (SSSR count). The zero-order valence-corrected chi connectivity index (χ0v) is 17.4. The van der Waals surface area contributed by atoms with Gasteiger partial charge in [0.2, 0.25) is 0 Å². The first-order chi connectivity index (χ1) is 12.2. The maximum atomic E-state index is 13.3. The van der Waals surface area contributed by atoms with Crippen molar-refractivity contribution >= 4 is 46.8 Å². The Kier molecular flexibility index (Phi) is 4.96. The standard InChI is InChI=1S/C20H20IN3O2/c1-12-7-14(20(2,3)4)8-13-9-22-11-24(19(26)17(12)13)18-15(10-25)16(21)5-6-23-18/h5-10H,11H2,1-4H3. The van der Waals surface area contributed by atoms with Crippen molar-refractivity contribution in [3.8, 4) is 0 Å². The molecule has 0 saturated heterocycles. The molecule has 1 amide bonds. The van der Waals surface area contributed by atoms with Crippen LogP contribution in [0.2, 0.25) is 0 Å². The fourth-order valence-electron chi connectivity index (χ4n) is 2.99. The Morgan fingerprint density at radius 3 is 2.65 bits per heavy atom. The Labute approximate surface area is 166 Å². The van der Waals surface area contributed by atoms with Gasteiger partial charge >= 0.3 is 0 Å². The monoisotopic (exact) mass is 461 g/mol. The lowest BCUT2D eigenvalue weighted by Gasteiger charge is -2.24. The average Bonchev–Trinajstić information content (AvgIpc) is 2.73. The highest BCUT2D eigenvalue weighted by molar-refractivity contribution is 14.1. The van der Waals surface area contributed by atoms with Crippen molar-refractivity contribution in [1.29, 1.82) is 0 Å². The number of nitrogens with zero attached hydrogens (tertiary/aromatic N) is 3. The Morgan fingerprint density at radius 2 is 2.00 bits per heavy atom. The summed E-state index contributed by atoms with van der Waals surface area (Å²) in [5, 5.41) is 0. The molecule has 1 aliphatic rings. The summed E-state index contributed by atoms with van der Waals surface area (Å²) in [6, 6.07) is 5.82. The summed E-state index contributed by atoms with van der Waals surface area (Å²) >= 11 is 2.07. The summed E-state index contributed by atoms with van der Waals surface area (Å²) in [5.41, 5.74) is 3.85. The largest absolute Gasteiger partial charge is 0.298 e. The zero-order chi connectivity index (χ0) is 19.1. The van der Waals surface area contributed by atoms with Crippen molar-refractivity contribution in [2.75, 3.05) is 11.6 Å². The van der Waals surface area contributed by atoms with Crippen molar-refractivity contribution in [2.24, 2.45) is 4.99 Å². The van der Waals surface area contributed by atoms with E-state index in [1.54, 1.807) is 18.5 Å². The van der Waals surface area contributed by atoms with E-state index in [4.69, 9.17) is 0 Å². The second-order valence-electron chi connectivity index (χ2n) is 7.34. The van der Waals surface area contributed by atoms with Crippen LogP contribution in [0.3, 0.4) is 0 Å². The third kappa shape index (κ3) is 3.30. The number of aldehydes is 1. The van der Waals surface area contributed by atoms with Crippen LogP contribution in [-0.4, -0.2) is 30.1 Å². The Morgan fingerprint density at radius 1 is 1.27 bits per heavy atom. The quantitative estimate of drug-likeness (QED) is 0.499. The zero-order valence-electron chi connectivity index (χ0n) is 15.2. The van der Waals surface area contributed by atoms with Crippen LogP contribution in [0.5, 0.6) is 0 Å². The van der Waals surface area contributed by atoms with E-state index in [9.17, 15) is 9.59 Å². The summed E-state index contributed by atoms with van der Waals surface area (Å²) in [7, 11) is 0. The molecule has 0 atom stereocenters. The maximum Gasteiger partial charge on any atom is 0.261 e. The van der Waals surface area contributed by atoms with E-state index in [1.165, 1.54) is 4.90 Å². The fourth-order valence-corrected chi connectivity index (χ4v) is 3.52. The fraction of sp³-hybridized carbons (Fsp3) is 0.300. The number of aromatic nitrogens is 1. The van der Waals surface area contributed by atoms with Gasteiger partial charge in [-0.2, -0.15) is 0 Å². The minimum absolute atomic E-state index is 0.0234. The van der Waals surface area contributed by atoms with Crippen LogP contribution >= 0.6 is 22.6 Å². The number of halogens is 1. The summed E-state index contributed by atoms with van der Waals surface area (Å²) in [6.07, 6.45) is 4.08. The van der Waals surface area contributed by atoms with Gasteiger partial charge in [-0.15, -0.1) is 0 Å². The number of fused-ring (bicyclic) bond motifs is 1. The number of carbonyl (C=O) groups is 2. The van der Waals surface area contributed by atoms with Gasteiger partial charge < -0.3 is 0 Å². The number of pyridine rings is 1. The lowest BCUT2D eigenvalue weighted by molar-refractivity contribution is 0.0987. The first-order valence-corrected chi connectivity index (χ1v) is 9.38. The third-order valence-electron chi connectivity index (χ3n) is 4.43. The number of hydrogen-bond acceptors (Lipinski definition) is 4. The number of aryl methyl sites for hydroxylation is 1. The molecule has 0 spiro atoms. The van der Waals surface area contributed by atoms with Gasteiger partial charge in [0.05, 0.1) is 11.1 Å². The van der Waals surface area contributed by atoms with E-state index in [-0.39, 0.29) is 18.0 Å². The molecule has 0 saturated carbocycles. The van der Waals surface area contributed by atoms with Crippen LogP contribution in [0.4, 0.5) is 5.82 Å². The molecule has 0 aliphatic carbocycles. The van der Waals surface area contributed by atoms with Gasteiger partial charge in [-0.1, -0.05) is 26.8 Å². The topological polar surface area (TPSA) is 62.6 Å². The molecule has 2 heterocycles. The van der Waals surface area contributed by atoms with E-state index < -0.39 is 0 Å². The van der Waals surface area contributed by atoms with Crippen molar-refractivity contribution in [3.05, 3.63) is 55.8 Å². The predicted molar refractivity (Wildman–Crippen MR) is 111 cm³/mol. The van der Waals surface area contributed by atoms with E-state index in [0.717, 1.165) is 26.5 Å². The number of benzene rings is 1. The number of aliphatic imine (C=N–C) groups is 1. The highest BCUT2D eigenvalue weighted by Crippen LogP contribution is 2.30. The molecule has 1 aromatic heterocycles. The number of carbonyl (C=O) groups excluding carboxylic acids is 2. The lowest BCUT2D eigenvalue weighted by atomic mass is 9.83. The summed E-state index contributed by atoms with van der Waals surface area (Å²) < 4.78 is 0.753. The SMILES string of the molecule is Cc1cc(C(C)(C)C)cc2c1C(=O)N(c1nccc(I)c1C=O)CN=C2. The van der Waals surface area contributed by atoms with Gasteiger partial charge in [0, 0.05) is 21.5 Å². The number of amides is 1. The summed E-state index contributed by atoms with van der Waals surface area (Å²) in [6.45, 7) is 8.49. The van der Waals surface area contributed by atoms with Crippen LogP contribution in [0, 0.1) is 10.5 Å². The second-order valence-corrected chi connectivity index (χ2v) is 8.50. The van der Waals surface area contributed by atoms with Crippen LogP contribution < -0.4 is 4.90 Å². The molecule has 0 fully saturated rings. The van der Waals surface area contributed by atoms with E-state index in [1.807, 2.05) is 13.0 Å². The molecule has 1 aromatic carbocycles. The predicted octanol–water partition coefficient (Wildman–Crippen LogP) is 4.14. The summed E-state index contributed by atoms with van der Waals surface area (Å²) in [4.78, 5) is 35.0. The van der Waals surface area contributed by atoms with E-state index >= 15 is 0 Å². The Bertz CT molecular complexity index is 929. The number of rotatable bonds is 2. The molecule has 1 aliphatic heterocycles. The molecule has 0 bridgehead atoms. The third-order valence-corrected chi connectivity index (χ3v) is 5.37. The molecule has 134 valence electrons. The number of hydrogen-bond donors (Lipinski definition) is 0. The van der Waals surface area contributed by atoms with Gasteiger partial charge in [0.25, 0.3) is 5.91 Å². The highest BCUT2D eigenvalue weighted by Gasteiger charge is 2.28. The van der Waals surface area contributed by atoms with Crippen molar-refractivity contribution in [1.82, 2.24) is 4.98 Å². The van der Waals surface area contributed by atoms with E-state index in [2.05, 4.69) is 59.4 Å². The van der Waals surface area contributed by atoms with Gasteiger partial charge in [-0.25, -0.2) is 4.98 Å². The molecule has 0 unspecified atom stereocenters. The van der Waals surface area contributed by atoms with Gasteiger partial charge in [-0.3, -0.25) is 19.5 Å². The molecule has 5 nitrogen and oxygen atoms in total. The molecule has 26 heavy (non-hydrogen) atoms. The molecule has 0 N–H and O–H groups in total. The van der Waals surface area contributed by atoms with Crippen LogP contribution in [0.15, 0.2) is 29.4 Å². The normalized spacial score (nSPS) is 14.2. The minimum atomic E-state index is -0.187. The van der Waals surface area contributed by atoms with Gasteiger partial charge in [0.1, 0.15) is 12.5 Å².